The normalized spacial score (nSPS) is 19.9. The Hall–Kier alpha value is -1.49. The van der Waals surface area contributed by atoms with Gasteiger partial charge in [0, 0.05) is 32.6 Å². The predicted molar refractivity (Wildman–Crippen MR) is 64.2 cm³/mol. The second-order valence-electron chi connectivity index (χ2n) is 4.40. The molecule has 1 aromatic rings. The van der Waals surface area contributed by atoms with Crippen LogP contribution in [0.1, 0.15) is 23.2 Å². The molecule has 0 bridgehead atoms. The number of aromatic nitrogens is 2. The molecule has 0 N–H and O–H groups in total. The first-order valence-corrected chi connectivity index (χ1v) is 5.85. The van der Waals surface area contributed by atoms with Gasteiger partial charge in [-0.15, -0.1) is 0 Å². The van der Waals surface area contributed by atoms with E-state index in [1.54, 1.807) is 12.4 Å². The van der Waals surface area contributed by atoms with Gasteiger partial charge in [0.1, 0.15) is 0 Å². The lowest BCUT2D eigenvalue weighted by Crippen LogP contribution is -2.31. The van der Waals surface area contributed by atoms with E-state index in [9.17, 15) is 4.79 Å². The van der Waals surface area contributed by atoms with Crippen LogP contribution < -0.4 is 4.90 Å². The highest BCUT2D eigenvalue weighted by molar-refractivity contribution is 5.73. The number of anilines is 1. The Balaban J connectivity index is 1.93. The van der Waals surface area contributed by atoms with E-state index in [1.165, 1.54) is 6.42 Å². The molecule has 1 aliphatic heterocycles. The van der Waals surface area contributed by atoms with E-state index in [4.69, 9.17) is 4.74 Å². The molecule has 0 unspecified atom stereocenters. The highest BCUT2D eigenvalue weighted by Crippen LogP contribution is 2.16. The largest absolute Gasteiger partial charge is 0.381 e. The standard InChI is InChI=1S/C12H17N3O2/c1-15(7-10-3-2-4-17-9-10)12-13-5-11(8-16)6-14-12/h5-6,8,10H,2-4,7,9H2,1H3/t10-/m0/s1. The van der Waals surface area contributed by atoms with E-state index in [-0.39, 0.29) is 0 Å². The lowest BCUT2D eigenvalue weighted by molar-refractivity contribution is 0.0575. The molecule has 5 heteroatoms. The molecule has 0 radical (unpaired) electrons. The van der Waals surface area contributed by atoms with Crippen molar-refractivity contribution in [1.29, 1.82) is 0 Å². The number of nitrogens with zero attached hydrogens (tertiary/aromatic N) is 3. The zero-order valence-corrected chi connectivity index (χ0v) is 10.0. The lowest BCUT2D eigenvalue weighted by Gasteiger charge is -2.27. The number of rotatable bonds is 4. The van der Waals surface area contributed by atoms with Crippen LogP contribution in [0.15, 0.2) is 12.4 Å². The van der Waals surface area contributed by atoms with Gasteiger partial charge in [0.25, 0.3) is 0 Å². The van der Waals surface area contributed by atoms with Gasteiger partial charge in [0.2, 0.25) is 5.95 Å². The summed E-state index contributed by atoms with van der Waals surface area (Å²) in [6, 6.07) is 0. The van der Waals surface area contributed by atoms with Gasteiger partial charge < -0.3 is 9.64 Å². The molecule has 1 saturated heterocycles. The molecule has 1 aromatic heterocycles. The predicted octanol–water partition coefficient (Wildman–Crippen LogP) is 1.15. The smallest absolute Gasteiger partial charge is 0.225 e. The number of carbonyl (C=O) groups excluding carboxylic acids is 1. The fraction of sp³-hybridized carbons (Fsp3) is 0.583. The topological polar surface area (TPSA) is 55.3 Å². The average molecular weight is 235 g/mol. The van der Waals surface area contributed by atoms with Crippen LogP contribution in [0.2, 0.25) is 0 Å². The molecule has 1 fully saturated rings. The molecule has 0 spiro atoms. The van der Waals surface area contributed by atoms with Gasteiger partial charge in [-0.05, 0) is 18.8 Å². The van der Waals surface area contributed by atoms with E-state index in [0.717, 1.165) is 32.5 Å². The minimum absolute atomic E-state index is 0.503. The van der Waals surface area contributed by atoms with Gasteiger partial charge >= 0.3 is 0 Å². The average Bonchev–Trinajstić information content (AvgIpc) is 2.40. The molecular weight excluding hydrogens is 218 g/mol. The Morgan fingerprint density at radius 2 is 2.29 bits per heavy atom. The zero-order valence-electron chi connectivity index (χ0n) is 10.0. The molecule has 0 saturated carbocycles. The Kier molecular flexibility index (Phi) is 4.03. The fourth-order valence-electron chi connectivity index (χ4n) is 2.01. The van der Waals surface area contributed by atoms with Crippen LogP contribution in [0.4, 0.5) is 5.95 Å². The highest BCUT2D eigenvalue weighted by Gasteiger charge is 2.17. The molecule has 0 aliphatic carbocycles. The maximum atomic E-state index is 10.5. The summed E-state index contributed by atoms with van der Waals surface area (Å²) in [5.41, 5.74) is 0.503. The minimum atomic E-state index is 0.503. The van der Waals surface area contributed by atoms with Crippen molar-refractivity contribution >= 4 is 12.2 Å². The van der Waals surface area contributed by atoms with Gasteiger partial charge in [-0.2, -0.15) is 0 Å². The first-order valence-electron chi connectivity index (χ1n) is 5.85. The third-order valence-electron chi connectivity index (χ3n) is 2.92. The first-order chi connectivity index (χ1) is 8.29. The third kappa shape index (κ3) is 3.23. The van der Waals surface area contributed by atoms with E-state index < -0.39 is 0 Å². The van der Waals surface area contributed by atoms with Crippen molar-refractivity contribution in [3.05, 3.63) is 18.0 Å². The van der Waals surface area contributed by atoms with Crippen molar-refractivity contribution in [3.63, 3.8) is 0 Å². The van der Waals surface area contributed by atoms with Gasteiger partial charge in [-0.3, -0.25) is 4.79 Å². The van der Waals surface area contributed by atoms with Crippen molar-refractivity contribution in [2.75, 3.05) is 31.7 Å². The van der Waals surface area contributed by atoms with Crippen molar-refractivity contribution in [2.24, 2.45) is 5.92 Å². The van der Waals surface area contributed by atoms with E-state index in [2.05, 4.69) is 9.97 Å². The summed E-state index contributed by atoms with van der Waals surface area (Å²) < 4.78 is 5.44. The number of carbonyl (C=O) groups is 1. The summed E-state index contributed by atoms with van der Waals surface area (Å²) in [5.74, 6) is 1.20. The Labute approximate surface area is 101 Å². The van der Waals surface area contributed by atoms with Crippen molar-refractivity contribution < 1.29 is 9.53 Å². The highest BCUT2D eigenvalue weighted by atomic mass is 16.5. The maximum absolute atomic E-state index is 10.5. The Bertz CT molecular complexity index is 361. The molecule has 5 nitrogen and oxygen atoms in total. The molecular formula is C12H17N3O2. The van der Waals surface area contributed by atoms with Gasteiger partial charge in [0.15, 0.2) is 6.29 Å². The lowest BCUT2D eigenvalue weighted by atomic mass is 10.0. The van der Waals surface area contributed by atoms with E-state index in [1.807, 2.05) is 11.9 Å². The van der Waals surface area contributed by atoms with Crippen LogP contribution in [0.25, 0.3) is 0 Å². The van der Waals surface area contributed by atoms with Crippen molar-refractivity contribution in [1.82, 2.24) is 9.97 Å². The molecule has 0 aromatic carbocycles. The number of hydrogen-bond acceptors (Lipinski definition) is 5. The van der Waals surface area contributed by atoms with E-state index >= 15 is 0 Å². The summed E-state index contributed by atoms with van der Waals surface area (Å²) >= 11 is 0. The fourth-order valence-corrected chi connectivity index (χ4v) is 2.01. The van der Waals surface area contributed by atoms with Crippen LogP contribution in [0.3, 0.4) is 0 Å². The summed E-state index contributed by atoms with van der Waals surface area (Å²) in [6.07, 6.45) is 6.16. The quantitative estimate of drug-likeness (QED) is 0.733. The monoisotopic (exact) mass is 235 g/mol. The third-order valence-corrected chi connectivity index (χ3v) is 2.92. The Morgan fingerprint density at radius 1 is 1.53 bits per heavy atom. The summed E-state index contributed by atoms with van der Waals surface area (Å²) in [5, 5.41) is 0. The minimum Gasteiger partial charge on any atom is -0.381 e. The number of aldehydes is 1. The number of hydrogen-bond donors (Lipinski definition) is 0. The second-order valence-corrected chi connectivity index (χ2v) is 4.40. The number of ether oxygens (including phenoxy) is 1. The SMILES string of the molecule is CN(C[C@@H]1CCCOC1)c1ncc(C=O)cn1. The van der Waals surface area contributed by atoms with E-state index in [0.29, 0.717) is 17.4 Å². The molecule has 1 atom stereocenters. The van der Waals surface area contributed by atoms with Crippen molar-refractivity contribution in [3.8, 4) is 0 Å². The molecule has 0 amide bonds. The first kappa shape index (κ1) is 12.0. The molecule has 92 valence electrons. The Morgan fingerprint density at radius 3 is 2.88 bits per heavy atom. The van der Waals surface area contributed by atoms with Crippen LogP contribution in [-0.2, 0) is 4.74 Å². The second kappa shape index (κ2) is 5.72. The zero-order chi connectivity index (χ0) is 12.1. The van der Waals surface area contributed by atoms with Crippen molar-refractivity contribution in [2.45, 2.75) is 12.8 Å². The summed E-state index contributed by atoms with van der Waals surface area (Å²) in [4.78, 5) is 20.8. The van der Waals surface area contributed by atoms with Crippen LogP contribution >= 0.6 is 0 Å². The van der Waals surface area contributed by atoms with Crippen LogP contribution in [0, 0.1) is 5.92 Å². The summed E-state index contributed by atoms with van der Waals surface area (Å²) in [6.45, 7) is 2.59. The molecule has 1 aliphatic rings. The molecule has 17 heavy (non-hydrogen) atoms. The van der Waals surface area contributed by atoms with Gasteiger partial charge in [0.05, 0.1) is 12.2 Å². The maximum Gasteiger partial charge on any atom is 0.225 e. The van der Waals surface area contributed by atoms with Gasteiger partial charge in [-0.25, -0.2) is 9.97 Å². The molecule has 2 rings (SSSR count). The van der Waals surface area contributed by atoms with Crippen LogP contribution in [0.5, 0.6) is 0 Å². The van der Waals surface area contributed by atoms with Crippen LogP contribution in [-0.4, -0.2) is 43.1 Å². The molecule has 2 heterocycles. The summed E-state index contributed by atoms with van der Waals surface area (Å²) in [7, 11) is 1.96. The van der Waals surface area contributed by atoms with Gasteiger partial charge in [-0.1, -0.05) is 0 Å².